The second-order valence-corrected chi connectivity index (χ2v) is 8.99. The van der Waals surface area contributed by atoms with Crippen LogP contribution in [0.15, 0.2) is 42.7 Å². The van der Waals surface area contributed by atoms with Crippen molar-refractivity contribution < 1.29 is 14.2 Å². The van der Waals surface area contributed by atoms with Gasteiger partial charge >= 0.3 is 0 Å². The van der Waals surface area contributed by atoms with Crippen molar-refractivity contribution in [3.63, 3.8) is 0 Å². The molecular weight excluding hydrogens is 440 g/mol. The number of amidine groups is 1. The van der Waals surface area contributed by atoms with Gasteiger partial charge in [0.25, 0.3) is 0 Å². The van der Waals surface area contributed by atoms with Crippen LogP contribution in [0, 0.1) is 5.41 Å². The van der Waals surface area contributed by atoms with Crippen molar-refractivity contribution >= 4 is 39.9 Å². The number of hydrogen-bond donors (Lipinski definition) is 2. The summed E-state index contributed by atoms with van der Waals surface area (Å²) in [6.07, 6.45) is 1.52. The van der Waals surface area contributed by atoms with Crippen molar-refractivity contribution in [1.29, 1.82) is 5.41 Å². The van der Waals surface area contributed by atoms with Crippen LogP contribution < -0.4 is 25.0 Å². The van der Waals surface area contributed by atoms with Gasteiger partial charge in [0, 0.05) is 35.9 Å². The first-order chi connectivity index (χ1) is 16.1. The van der Waals surface area contributed by atoms with Crippen molar-refractivity contribution in [2.24, 2.45) is 5.73 Å². The summed E-state index contributed by atoms with van der Waals surface area (Å²) in [4.78, 5) is 13.1. The number of anilines is 2. The number of nitrogens with two attached hydrogens (primary N) is 1. The first kappa shape index (κ1) is 21.7. The van der Waals surface area contributed by atoms with E-state index in [9.17, 15) is 0 Å². The lowest BCUT2D eigenvalue weighted by molar-refractivity contribution is 0.122. The number of aromatic nitrogens is 2. The van der Waals surface area contributed by atoms with E-state index in [1.807, 2.05) is 29.2 Å². The van der Waals surface area contributed by atoms with Gasteiger partial charge in [-0.2, -0.15) is 0 Å². The Hall–Kier alpha value is -3.08. The first-order valence-corrected chi connectivity index (χ1v) is 11.6. The Bertz CT molecular complexity index is 1170. The fourth-order valence-electron chi connectivity index (χ4n) is 4.27. The number of hydrogen-bond acceptors (Lipinski definition) is 9. The normalized spacial score (nSPS) is 21.0. The lowest BCUT2D eigenvalue weighted by Crippen LogP contribution is -2.38. The van der Waals surface area contributed by atoms with Crippen molar-refractivity contribution in [3.8, 4) is 11.5 Å². The predicted molar refractivity (Wildman–Crippen MR) is 131 cm³/mol. The van der Waals surface area contributed by atoms with E-state index in [1.54, 1.807) is 14.2 Å². The van der Waals surface area contributed by atoms with Gasteiger partial charge in [0.2, 0.25) is 0 Å². The van der Waals surface area contributed by atoms with Crippen LogP contribution in [0.4, 0.5) is 11.4 Å². The highest BCUT2D eigenvalue weighted by Crippen LogP contribution is 2.45. The van der Waals surface area contributed by atoms with Crippen molar-refractivity contribution in [2.75, 3.05) is 50.3 Å². The molecule has 2 saturated heterocycles. The summed E-state index contributed by atoms with van der Waals surface area (Å²) < 4.78 is 16.3. The summed E-state index contributed by atoms with van der Waals surface area (Å²) >= 11 is 1.49. The van der Waals surface area contributed by atoms with Crippen LogP contribution in [0.3, 0.4) is 0 Å². The number of benzene rings is 2. The van der Waals surface area contributed by atoms with E-state index in [0.29, 0.717) is 17.3 Å². The third-order valence-electron chi connectivity index (χ3n) is 5.96. The topological polar surface area (TPSA) is 110 Å². The highest BCUT2D eigenvalue weighted by Gasteiger charge is 2.39. The Morgan fingerprint density at radius 3 is 2.39 bits per heavy atom. The number of thioether (sulfide) groups is 1. The molecule has 2 fully saturated rings. The predicted octanol–water partition coefficient (Wildman–Crippen LogP) is 3.00. The zero-order chi connectivity index (χ0) is 22.9. The lowest BCUT2D eigenvalue weighted by atomic mass is 10.1. The summed E-state index contributed by atoms with van der Waals surface area (Å²) in [6, 6.07) is 11.9. The summed E-state index contributed by atoms with van der Waals surface area (Å²) in [5.41, 5.74) is 9.59. The number of rotatable bonds is 5. The van der Waals surface area contributed by atoms with Crippen LogP contribution in [0.1, 0.15) is 10.9 Å². The number of nitrogens with zero attached hydrogens (tertiary/aromatic N) is 4. The molecule has 0 spiro atoms. The van der Waals surface area contributed by atoms with Gasteiger partial charge in [-0.1, -0.05) is 0 Å². The van der Waals surface area contributed by atoms with Crippen molar-refractivity contribution in [1.82, 2.24) is 9.97 Å². The minimum atomic E-state index is -0.401. The number of ether oxygens (including phenoxy) is 3. The molecule has 3 heterocycles. The molecule has 5 rings (SSSR count). The Morgan fingerprint density at radius 2 is 1.70 bits per heavy atom. The SMILES string of the molecule is COc1cc2ncnc(C3SC(N)N(c4ccc(N5CCOCC5)cc4)C3=N)c2cc1OC. The highest BCUT2D eigenvalue weighted by atomic mass is 32.2. The smallest absolute Gasteiger partial charge is 0.162 e. The molecule has 3 aromatic rings. The van der Waals surface area contributed by atoms with E-state index in [1.165, 1.54) is 18.1 Å². The maximum Gasteiger partial charge on any atom is 0.162 e. The molecule has 2 aliphatic rings. The minimum absolute atomic E-state index is 0.331. The van der Waals surface area contributed by atoms with Crippen LogP contribution in [0.25, 0.3) is 10.9 Å². The molecule has 33 heavy (non-hydrogen) atoms. The Kier molecular flexibility index (Phi) is 5.96. The van der Waals surface area contributed by atoms with Gasteiger partial charge in [-0.05, 0) is 30.3 Å². The minimum Gasteiger partial charge on any atom is -0.493 e. The van der Waals surface area contributed by atoms with E-state index in [-0.39, 0.29) is 5.25 Å². The number of nitrogens with one attached hydrogen (secondary N) is 1. The average molecular weight is 467 g/mol. The number of morpholine rings is 1. The zero-order valence-electron chi connectivity index (χ0n) is 18.5. The molecule has 2 unspecified atom stereocenters. The Morgan fingerprint density at radius 1 is 1.03 bits per heavy atom. The third-order valence-corrected chi connectivity index (χ3v) is 7.17. The van der Waals surface area contributed by atoms with E-state index in [4.69, 9.17) is 25.4 Å². The highest BCUT2D eigenvalue weighted by molar-refractivity contribution is 8.01. The molecule has 1 aromatic heterocycles. The molecule has 9 nitrogen and oxygen atoms in total. The molecule has 0 amide bonds. The molecule has 3 N–H and O–H groups in total. The van der Waals surface area contributed by atoms with Gasteiger partial charge < -0.3 is 29.7 Å². The van der Waals surface area contributed by atoms with Crippen LogP contribution in [0.5, 0.6) is 11.5 Å². The van der Waals surface area contributed by atoms with Gasteiger partial charge in [-0.15, -0.1) is 11.8 Å². The second-order valence-electron chi connectivity index (χ2n) is 7.76. The fourth-order valence-corrected chi connectivity index (χ4v) is 5.46. The van der Waals surface area contributed by atoms with Crippen LogP contribution in [-0.2, 0) is 4.74 Å². The standard InChI is InChI=1S/C23H26N6O3S/c1-30-18-11-16-17(12-19(18)31-2)26-13-27-20(16)21-22(24)29(23(25)33-21)15-5-3-14(4-6-15)28-7-9-32-10-8-28/h3-6,11-13,21,23-24H,7-10,25H2,1-2H3. The largest absolute Gasteiger partial charge is 0.493 e. The molecule has 2 aromatic carbocycles. The molecule has 2 atom stereocenters. The number of methoxy groups -OCH3 is 2. The maximum atomic E-state index is 8.95. The molecule has 0 bridgehead atoms. The molecule has 2 aliphatic heterocycles. The van der Waals surface area contributed by atoms with E-state index in [0.717, 1.165) is 54.3 Å². The van der Waals surface area contributed by atoms with Crippen molar-refractivity contribution in [3.05, 3.63) is 48.4 Å². The Labute approximate surface area is 196 Å². The first-order valence-electron chi connectivity index (χ1n) is 10.7. The molecule has 0 radical (unpaired) electrons. The van der Waals surface area contributed by atoms with Gasteiger partial charge in [0.05, 0.1) is 38.6 Å². The van der Waals surface area contributed by atoms with Crippen LogP contribution in [0.2, 0.25) is 0 Å². The van der Waals surface area contributed by atoms with Crippen molar-refractivity contribution in [2.45, 2.75) is 10.7 Å². The van der Waals surface area contributed by atoms with Crippen LogP contribution >= 0.6 is 11.8 Å². The van der Waals surface area contributed by atoms with Crippen LogP contribution in [-0.4, -0.2) is 61.8 Å². The third kappa shape index (κ3) is 3.94. The summed E-state index contributed by atoms with van der Waals surface area (Å²) in [7, 11) is 3.19. The average Bonchev–Trinajstić information content (AvgIpc) is 3.16. The van der Waals surface area contributed by atoms with E-state index < -0.39 is 5.50 Å². The van der Waals surface area contributed by atoms with Gasteiger partial charge in [-0.25, -0.2) is 9.97 Å². The molecule has 172 valence electrons. The quantitative estimate of drug-likeness (QED) is 0.586. The van der Waals surface area contributed by atoms with E-state index in [2.05, 4.69) is 27.0 Å². The molecular formula is C23H26N6O3S. The fraction of sp³-hybridized carbons (Fsp3) is 0.348. The summed E-state index contributed by atoms with van der Waals surface area (Å²) in [5.74, 6) is 1.58. The molecule has 10 heteroatoms. The zero-order valence-corrected chi connectivity index (χ0v) is 19.3. The maximum absolute atomic E-state index is 8.95. The molecule has 0 aliphatic carbocycles. The van der Waals surface area contributed by atoms with Gasteiger partial charge in [0.15, 0.2) is 11.5 Å². The number of fused-ring (bicyclic) bond motifs is 1. The molecule has 0 saturated carbocycles. The Balaban J connectivity index is 1.45. The van der Waals surface area contributed by atoms with E-state index >= 15 is 0 Å². The van der Waals surface area contributed by atoms with Gasteiger partial charge in [0.1, 0.15) is 22.9 Å². The van der Waals surface area contributed by atoms with Gasteiger partial charge in [-0.3, -0.25) is 5.41 Å². The second kappa shape index (κ2) is 9.05. The monoisotopic (exact) mass is 466 g/mol. The summed E-state index contributed by atoms with van der Waals surface area (Å²) in [6.45, 7) is 3.24. The lowest BCUT2D eigenvalue weighted by Gasteiger charge is -2.29. The summed E-state index contributed by atoms with van der Waals surface area (Å²) in [5, 5.41) is 9.43.